The van der Waals surface area contributed by atoms with Crippen molar-refractivity contribution in [3.05, 3.63) is 93.6 Å². The molecule has 1 saturated heterocycles. The van der Waals surface area contributed by atoms with Crippen LogP contribution in [0.5, 0.6) is 11.5 Å². The third-order valence-corrected chi connectivity index (χ3v) is 6.38. The number of phenolic OH excluding ortho intramolecular Hbond substituents is 1. The van der Waals surface area contributed by atoms with Gasteiger partial charge in [0, 0.05) is 23.5 Å². The van der Waals surface area contributed by atoms with Gasteiger partial charge >= 0.3 is 0 Å². The summed E-state index contributed by atoms with van der Waals surface area (Å²) >= 11 is 6.26. The van der Waals surface area contributed by atoms with Crippen molar-refractivity contribution in [2.45, 2.75) is 26.4 Å². The van der Waals surface area contributed by atoms with E-state index < -0.39 is 0 Å². The molecule has 4 rings (SSSR count). The number of carbonyl (C=O) groups excluding carboxylic acids is 2. The monoisotopic (exact) mass is 490 g/mol. The molecule has 2 N–H and O–H groups in total. The summed E-state index contributed by atoms with van der Waals surface area (Å²) in [6.07, 6.45) is 6.23. The maximum absolute atomic E-state index is 12.8. The zero-order valence-electron chi connectivity index (χ0n) is 18.4. The van der Waals surface area contributed by atoms with Gasteiger partial charge in [0.25, 0.3) is 5.91 Å². The summed E-state index contributed by atoms with van der Waals surface area (Å²) in [6, 6.07) is 14.3. The van der Waals surface area contributed by atoms with Crippen LogP contribution in [0.4, 0.5) is 0 Å². The standard InChI is InChI=1S/C26H22N2O4S2/c1-2-4-19-21(11-10-20(24(19)30)23(29)18-5-3-12-27-14-18)32-15-17-8-6-16(7-9-17)13-22-25(31)28-26(33)34-22/h3,5-14,30H,2,4,15H2,1H3,(H,28,31,33)/b22-13-. The van der Waals surface area contributed by atoms with Crippen LogP contribution in [0.2, 0.25) is 0 Å². The van der Waals surface area contributed by atoms with Gasteiger partial charge in [0.05, 0.1) is 10.5 Å². The average molecular weight is 491 g/mol. The first kappa shape index (κ1) is 23.7. The van der Waals surface area contributed by atoms with Gasteiger partial charge in [-0.25, -0.2) is 0 Å². The number of thioether (sulfide) groups is 1. The first-order chi connectivity index (χ1) is 16.5. The Morgan fingerprint density at radius 3 is 2.65 bits per heavy atom. The number of hydrogen-bond acceptors (Lipinski definition) is 7. The molecule has 1 fully saturated rings. The predicted molar refractivity (Wildman–Crippen MR) is 137 cm³/mol. The number of rotatable bonds is 8. The molecule has 1 aliphatic heterocycles. The number of nitrogens with zero attached hydrogens (tertiary/aromatic N) is 1. The van der Waals surface area contributed by atoms with Crippen LogP contribution >= 0.6 is 24.0 Å². The third kappa shape index (κ3) is 5.35. The van der Waals surface area contributed by atoms with Crippen LogP contribution in [-0.2, 0) is 17.8 Å². The Morgan fingerprint density at radius 2 is 2.00 bits per heavy atom. The van der Waals surface area contributed by atoms with Gasteiger partial charge in [-0.3, -0.25) is 14.6 Å². The maximum atomic E-state index is 12.8. The minimum Gasteiger partial charge on any atom is -0.507 e. The summed E-state index contributed by atoms with van der Waals surface area (Å²) < 4.78 is 6.48. The van der Waals surface area contributed by atoms with Gasteiger partial charge in [-0.15, -0.1) is 0 Å². The van der Waals surface area contributed by atoms with Gasteiger partial charge in [-0.1, -0.05) is 61.6 Å². The normalized spacial score (nSPS) is 14.3. The lowest BCUT2D eigenvalue weighted by Gasteiger charge is -2.15. The fraction of sp³-hybridized carbons (Fsp3) is 0.154. The Kier molecular flexibility index (Phi) is 7.40. The smallest absolute Gasteiger partial charge is 0.263 e. The molecule has 1 aromatic heterocycles. The molecule has 0 radical (unpaired) electrons. The number of phenols is 1. The number of pyridine rings is 1. The molecule has 0 aliphatic carbocycles. The quantitative estimate of drug-likeness (QED) is 0.260. The number of hydrogen-bond donors (Lipinski definition) is 2. The number of aromatic nitrogens is 1. The molecule has 0 unspecified atom stereocenters. The van der Waals surface area contributed by atoms with Gasteiger partial charge in [-0.05, 0) is 47.9 Å². The zero-order valence-corrected chi connectivity index (χ0v) is 20.0. The Balaban J connectivity index is 1.50. The molecule has 2 heterocycles. The van der Waals surface area contributed by atoms with Gasteiger partial charge in [-0.2, -0.15) is 0 Å². The third-order valence-electron chi connectivity index (χ3n) is 5.22. The summed E-state index contributed by atoms with van der Waals surface area (Å²) in [6.45, 7) is 2.30. The number of amides is 1. The van der Waals surface area contributed by atoms with Crippen LogP contribution in [0.3, 0.4) is 0 Å². The van der Waals surface area contributed by atoms with E-state index in [0.717, 1.165) is 17.5 Å². The first-order valence-corrected chi connectivity index (χ1v) is 11.9. The topological polar surface area (TPSA) is 88.5 Å². The van der Waals surface area contributed by atoms with Crippen LogP contribution < -0.4 is 10.1 Å². The largest absolute Gasteiger partial charge is 0.507 e. The lowest BCUT2D eigenvalue weighted by Crippen LogP contribution is -2.17. The van der Waals surface area contributed by atoms with E-state index in [1.807, 2.05) is 31.2 Å². The molecule has 6 nitrogen and oxygen atoms in total. The number of ether oxygens (including phenoxy) is 1. The van der Waals surface area contributed by atoms with Gasteiger partial charge in [0.1, 0.15) is 22.4 Å². The second-order valence-corrected chi connectivity index (χ2v) is 9.36. The van der Waals surface area contributed by atoms with Gasteiger partial charge in [0.15, 0.2) is 5.78 Å². The number of aromatic hydroxyl groups is 1. The van der Waals surface area contributed by atoms with Crippen molar-refractivity contribution in [1.29, 1.82) is 0 Å². The van der Waals surface area contributed by atoms with E-state index in [1.54, 1.807) is 36.5 Å². The van der Waals surface area contributed by atoms with E-state index in [0.29, 0.717) is 39.1 Å². The lowest BCUT2D eigenvalue weighted by molar-refractivity contribution is -0.115. The summed E-state index contributed by atoms with van der Waals surface area (Å²) in [5.74, 6) is 0.0199. The number of ketones is 1. The van der Waals surface area contributed by atoms with E-state index in [-0.39, 0.29) is 23.0 Å². The van der Waals surface area contributed by atoms with Crippen LogP contribution in [0.15, 0.2) is 65.8 Å². The molecule has 8 heteroatoms. The van der Waals surface area contributed by atoms with E-state index in [2.05, 4.69) is 10.3 Å². The molecular formula is C26H22N2O4S2. The van der Waals surface area contributed by atoms with Crippen LogP contribution in [0.25, 0.3) is 6.08 Å². The molecule has 172 valence electrons. The van der Waals surface area contributed by atoms with Crippen molar-refractivity contribution in [1.82, 2.24) is 10.3 Å². The molecular weight excluding hydrogens is 468 g/mol. The lowest BCUT2D eigenvalue weighted by atomic mass is 9.98. The molecule has 0 atom stereocenters. The summed E-state index contributed by atoms with van der Waals surface area (Å²) in [7, 11) is 0. The van der Waals surface area contributed by atoms with Gasteiger partial charge < -0.3 is 15.2 Å². The predicted octanol–water partition coefficient (Wildman–Crippen LogP) is 5.04. The SMILES string of the molecule is CCCc1c(OCc2ccc(/C=C3\SC(=S)NC3=O)cc2)ccc(C(=O)c2cccnc2)c1O. The summed E-state index contributed by atoms with van der Waals surface area (Å²) in [5.41, 5.74) is 3.07. The van der Waals surface area contributed by atoms with E-state index >= 15 is 0 Å². The summed E-state index contributed by atoms with van der Waals surface area (Å²) in [4.78, 5) is 29.2. The Labute approximate surface area is 207 Å². The number of thiocarbonyl (C=S) groups is 1. The van der Waals surface area contributed by atoms with Crippen molar-refractivity contribution in [2.24, 2.45) is 0 Å². The van der Waals surface area contributed by atoms with E-state index in [4.69, 9.17) is 17.0 Å². The van der Waals surface area contributed by atoms with Gasteiger partial charge in [0.2, 0.25) is 0 Å². The van der Waals surface area contributed by atoms with Crippen molar-refractivity contribution in [3.63, 3.8) is 0 Å². The highest BCUT2D eigenvalue weighted by atomic mass is 32.2. The second kappa shape index (κ2) is 10.6. The fourth-order valence-corrected chi connectivity index (χ4v) is 4.57. The van der Waals surface area contributed by atoms with Crippen LogP contribution in [0, 0.1) is 0 Å². The summed E-state index contributed by atoms with van der Waals surface area (Å²) in [5, 5.41) is 13.5. The van der Waals surface area contributed by atoms with E-state index in [1.165, 1.54) is 18.0 Å². The molecule has 1 amide bonds. The van der Waals surface area contributed by atoms with Crippen LogP contribution in [0.1, 0.15) is 46.0 Å². The molecule has 1 aliphatic rings. The average Bonchev–Trinajstić information content (AvgIpc) is 3.17. The highest BCUT2D eigenvalue weighted by molar-refractivity contribution is 8.26. The van der Waals surface area contributed by atoms with Crippen molar-refractivity contribution in [2.75, 3.05) is 0 Å². The molecule has 3 aromatic rings. The maximum Gasteiger partial charge on any atom is 0.263 e. The van der Waals surface area contributed by atoms with Crippen molar-refractivity contribution < 1.29 is 19.4 Å². The molecule has 2 aromatic carbocycles. The number of benzene rings is 2. The fourth-order valence-electron chi connectivity index (χ4n) is 3.52. The highest BCUT2D eigenvalue weighted by Gasteiger charge is 2.22. The minimum atomic E-state index is -0.283. The molecule has 0 spiro atoms. The van der Waals surface area contributed by atoms with Crippen molar-refractivity contribution >= 4 is 46.1 Å². The molecule has 0 bridgehead atoms. The van der Waals surface area contributed by atoms with Crippen LogP contribution in [-0.4, -0.2) is 26.1 Å². The Morgan fingerprint density at radius 1 is 1.21 bits per heavy atom. The minimum absolute atomic E-state index is 0.0552. The Hall–Kier alpha value is -3.49. The second-order valence-electron chi connectivity index (χ2n) is 7.64. The highest BCUT2D eigenvalue weighted by Crippen LogP contribution is 2.34. The number of carbonyl (C=O) groups is 2. The molecule has 0 saturated carbocycles. The molecule has 34 heavy (non-hydrogen) atoms. The first-order valence-electron chi connectivity index (χ1n) is 10.7. The zero-order chi connectivity index (χ0) is 24.1. The van der Waals surface area contributed by atoms with E-state index in [9.17, 15) is 14.7 Å². The Bertz CT molecular complexity index is 1270. The van der Waals surface area contributed by atoms with Crippen molar-refractivity contribution in [3.8, 4) is 11.5 Å². The number of nitrogens with one attached hydrogen (secondary N) is 1.